The third-order valence-corrected chi connectivity index (χ3v) is 1.42. The van der Waals surface area contributed by atoms with E-state index in [-0.39, 0.29) is 18.0 Å². The minimum Gasteiger partial charge on any atom is -0.328 e. The standard InChI is InChI=1S/C5H4INO.ClH/c6-4-1-2-5(8)7-3-4;/h1-3H,(H,7,8);1H. The summed E-state index contributed by atoms with van der Waals surface area (Å²) in [5.41, 5.74) is -0.0505. The average Bonchev–Trinajstić information content (AvgIpc) is 1.77. The molecule has 0 aliphatic rings. The van der Waals surface area contributed by atoms with E-state index in [9.17, 15) is 4.79 Å². The van der Waals surface area contributed by atoms with Crippen molar-refractivity contribution in [3.63, 3.8) is 0 Å². The van der Waals surface area contributed by atoms with Gasteiger partial charge in [0.25, 0.3) is 0 Å². The number of hydrogen-bond donors (Lipinski definition) is 1. The fraction of sp³-hybridized carbons (Fsp3) is 0. The largest absolute Gasteiger partial charge is 0.328 e. The second kappa shape index (κ2) is 3.90. The molecule has 1 N–H and O–H groups in total. The minimum atomic E-state index is -0.0505. The van der Waals surface area contributed by atoms with Crippen molar-refractivity contribution in [3.05, 3.63) is 32.3 Å². The molecule has 0 unspecified atom stereocenters. The Hall–Kier alpha value is -0.0300. The van der Waals surface area contributed by atoms with Gasteiger partial charge in [0, 0.05) is 15.8 Å². The first-order valence-corrected chi connectivity index (χ1v) is 3.21. The Morgan fingerprint density at radius 3 is 2.44 bits per heavy atom. The van der Waals surface area contributed by atoms with E-state index in [0.717, 1.165) is 3.57 Å². The summed E-state index contributed by atoms with van der Waals surface area (Å²) >= 11 is 2.13. The third-order valence-electron chi connectivity index (χ3n) is 0.746. The van der Waals surface area contributed by atoms with Crippen LogP contribution in [0.15, 0.2) is 23.1 Å². The maximum Gasteiger partial charge on any atom is 0.247 e. The number of aromatic amines is 1. The van der Waals surface area contributed by atoms with Gasteiger partial charge in [0.15, 0.2) is 0 Å². The Morgan fingerprint density at radius 1 is 1.44 bits per heavy atom. The second-order valence-corrected chi connectivity index (χ2v) is 2.62. The van der Waals surface area contributed by atoms with Gasteiger partial charge in [-0.25, -0.2) is 0 Å². The smallest absolute Gasteiger partial charge is 0.247 e. The first-order valence-electron chi connectivity index (χ1n) is 2.13. The van der Waals surface area contributed by atoms with Crippen molar-refractivity contribution in [2.75, 3.05) is 0 Å². The van der Waals surface area contributed by atoms with Crippen LogP contribution < -0.4 is 5.56 Å². The van der Waals surface area contributed by atoms with Crippen LogP contribution in [0.3, 0.4) is 0 Å². The van der Waals surface area contributed by atoms with Crippen LogP contribution in [-0.4, -0.2) is 4.98 Å². The van der Waals surface area contributed by atoms with Crippen LogP contribution in [0.25, 0.3) is 0 Å². The molecule has 1 aromatic heterocycles. The highest BCUT2D eigenvalue weighted by molar-refractivity contribution is 14.1. The molecule has 1 heterocycles. The average molecular weight is 257 g/mol. The molecule has 0 saturated heterocycles. The summed E-state index contributed by atoms with van der Waals surface area (Å²) in [6.45, 7) is 0. The Kier molecular flexibility index (Phi) is 3.88. The lowest BCUT2D eigenvalue weighted by molar-refractivity contribution is 1.22. The summed E-state index contributed by atoms with van der Waals surface area (Å²) in [6.07, 6.45) is 1.67. The Labute approximate surface area is 72.2 Å². The number of nitrogens with one attached hydrogen (secondary N) is 1. The van der Waals surface area contributed by atoms with Crippen molar-refractivity contribution in [3.8, 4) is 0 Å². The van der Waals surface area contributed by atoms with Crippen LogP contribution in [0.2, 0.25) is 0 Å². The minimum absolute atomic E-state index is 0. The molecule has 1 rings (SSSR count). The van der Waals surface area contributed by atoms with Gasteiger partial charge in [0.2, 0.25) is 5.56 Å². The molecule has 4 heteroatoms. The molecule has 0 bridgehead atoms. The highest BCUT2D eigenvalue weighted by Crippen LogP contribution is 1.95. The number of halogens is 2. The lowest BCUT2D eigenvalue weighted by Gasteiger charge is -1.82. The zero-order valence-corrected chi connectivity index (χ0v) is 7.40. The normalized spacial score (nSPS) is 8.11. The fourth-order valence-electron chi connectivity index (χ4n) is 0.392. The predicted molar refractivity (Wildman–Crippen MR) is 47.0 cm³/mol. The van der Waals surface area contributed by atoms with Gasteiger partial charge < -0.3 is 4.98 Å². The van der Waals surface area contributed by atoms with Crippen molar-refractivity contribution < 1.29 is 0 Å². The summed E-state index contributed by atoms with van der Waals surface area (Å²) < 4.78 is 1.04. The molecule has 0 fully saturated rings. The Bertz CT molecular complexity index is 214. The lowest BCUT2D eigenvalue weighted by Crippen LogP contribution is -2.00. The van der Waals surface area contributed by atoms with Gasteiger partial charge in [-0.05, 0) is 28.7 Å². The molecule has 2 nitrogen and oxygen atoms in total. The van der Waals surface area contributed by atoms with Crippen LogP contribution in [0.4, 0.5) is 0 Å². The first kappa shape index (κ1) is 8.97. The molecule has 0 amide bonds. The van der Waals surface area contributed by atoms with Crippen molar-refractivity contribution in [1.29, 1.82) is 0 Å². The van der Waals surface area contributed by atoms with Crippen molar-refractivity contribution in [2.24, 2.45) is 0 Å². The van der Waals surface area contributed by atoms with Gasteiger partial charge in [-0.2, -0.15) is 0 Å². The van der Waals surface area contributed by atoms with E-state index in [1.807, 2.05) is 0 Å². The fourth-order valence-corrected chi connectivity index (χ4v) is 0.727. The van der Waals surface area contributed by atoms with Crippen LogP contribution in [0, 0.1) is 3.57 Å². The van der Waals surface area contributed by atoms with E-state index in [2.05, 4.69) is 27.6 Å². The van der Waals surface area contributed by atoms with Crippen molar-refractivity contribution >= 4 is 35.0 Å². The number of hydrogen-bond acceptors (Lipinski definition) is 1. The molecule has 0 aliphatic carbocycles. The van der Waals surface area contributed by atoms with Gasteiger partial charge in [-0.15, -0.1) is 12.4 Å². The molecule has 0 radical (unpaired) electrons. The van der Waals surface area contributed by atoms with E-state index >= 15 is 0 Å². The molecule has 0 aliphatic heterocycles. The molecular formula is C5H5ClINO. The Balaban J connectivity index is 0.000000640. The van der Waals surface area contributed by atoms with Gasteiger partial charge in [0.1, 0.15) is 0 Å². The summed E-state index contributed by atoms with van der Waals surface area (Å²) in [5.74, 6) is 0. The SMILES string of the molecule is Cl.O=c1ccc(I)c[nH]1. The van der Waals surface area contributed by atoms with Gasteiger partial charge >= 0.3 is 0 Å². The number of H-pyrrole nitrogens is 1. The number of pyridine rings is 1. The van der Waals surface area contributed by atoms with Crippen LogP contribution in [0.5, 0.6) is 0 Å². The topological polar surface area (TPSA) is 32.9 Å². The first-order chi connectivity index (χ1) is 3.79. The zero-order chi connectivity index (χ0) is 5.98. The monoisotopic (exact) mass is 257 g/mol. The number of aromatic nitrogens is 1. The summed E-state index contributed by atoms with van der Waals surface area (Å²) in [5, 5.41) is 0. The quantitative estimate of drug-likeness (QED) is 0.700. The molecular weight excluding hydrogens is 252 g/mol. The van der Waals surface area contributed by atoms with E-state index in [4.69, 9.17) is 0 Å². The highest BCUT2D eigenvalue weighted by Gasteiger charge is 1.80. The molecule has 0 aromatic carbocycles. The summed E-state index contributed by atoms with van der Waals surface area (Å²) in [7, 11) is 0. The van der Waals surface area contributed by atoms with Gasteiger partial charge in [0.05, 0.1) is 0 Å². The molecule has 9 heavy (non-hydrogen) atoms. The molecule has 0 atom stereocenters. The van der Waals surface area contributed by atoms with Gasteiger partial charge in [-0.1, -0.05) is 0 Å². The Morgan fingerprint density at radius 2 is 2.11 bits per heavy atom. The van der Waals surface area contributed by atoms with Crippen LogP contribution in [-0.2, 0) is 0 Å². The lowest BCUT2D eigenvalue weighted by atomic mass is 10.5. The molecule has 1 aromatic rings. The predicted octanol–water partition coefficient (Wildman–Crippen LogP) is 1.40. The van der Waals surface area contributed by atoms with Crippen LogP contribution in [0.1, 0.15) is 0 Å². The molecule has 0 spiro atoms. The second-order valence-electron chi connectivity index (χ2n) is 1.37. The van der Waals surface area contributed by atoms with Gasteiger partial charge in [-0.3, -0.25) is 4.79 Å². The van der Waals surface area contributed by atoms with E-state index in [1.54, 1.807) is 12.3 Å². The van der Waals surface area contributed by atoms with E-state index in [1.165, 1.54) is 6.07 Å². The third kappa shape index (κ3) is 2.86. The van der Waals surface area contributed by atoms with Crippen LogP contribution >= 0.6 is 35.0 Å². The highest BCUT2D eigenvalue weighted by atomic mass is 127. The maximum atomic E-state index is 10.4. The van der Waals surface area contributed by atoms with E-state index < -0.39 is 0 Å². The summed E-state index contributed by atoms with van der Waals surface area (Å²) in [6, 6.07) is 3.27. The molecule has 0 saturated carbocycles. The molecule has 50 valence electrons. The maximum absolute atomic E-state index is 10.4. The number of rotatable bonds is 0. The van der Waals surface area contributed by atoms with Crippen molar-refractivity contribution in [1.82, 2.24) is 4.98 Å². The zero-order valence-electron chi connectivity index (χ0n) is 4.43. The summed E-state index contributed by atoms with van der Waals surface area (Å²) in [4.78, 5) is 12.9. The van der Waals surface area contributed by atoms with Crippen molar-refractivity contribution in [2.45, 2.75) is 0 Å². The van der Waals surface area contributed by atoms with E-state index in [0.29, 0.717) is 0 Å².